The molecule has 0 saturated heterocycles. The lowest BCUT2D eigenvalue weighted by Gasteiger charge is -2.25. The van der Waals surface area contributed by atoms with Gasteiger partial charge in [-0.1, -0.05) is 0 Å². The number of hydrogen-bond acceptors (Lipinski definition) is 9. The Balaban J connectivity index is 5.46. The van der Waals surface area contributed by atoms with E-state index in [1.54, 1.807) is 0 Å². The van der Waals surface area contributed by atoms with Gasteiger partial charge in [0.1, 0.15) is 18.1 Å². The van der Waals surface area contributed by atoms with E-state index in [9.17, 15) is 28.8 Å². The standard InChI is InChI=1S/C19H34N6O9/c20-8-2-1-3-11(17(31)25-13(9-26)19(33)34)24-18(32)12(5-7-15(28)29)23-16(30)10(21)4-6-14(22)27/h10-13,26H,1-9,20-21H2,(H2,22,27)(H,23,30)(H,24,32)(H,25,31)(H,28,29)(H,33,34). The van der Waals surface area contributed by atoms with Crippen molar-refractivity contribution in [2.45, 2.75) is 69.1 Å². The van der Waals surface area contributed by atoms with Crippen LogP contribution in [0.5, 0.6) is 0 Å². The molecular weight excluding hydrogens is 456 g/mol. The summed E-state index contributed by atoms with van der Waals surface area (Å²) in [5, 5.41) is 33.9. The monoisotopic (exact) mass is 490 g/mol. The van der Waals surface area contributed by atoms with Crippen molar-refractivity contribution in [2.75, 3.05) is 13.2 Å². The molecule has 0 saturated carbocycles. The zero-order valence-corrected chi connectivity index (χ0v) is 18.7. The number of rotatable bonds is 18. The van der Waals surface area contributed by atoms with Gasteiger partial charge in [-0.05, 0) is 38.6 Å². The average Bonchev–Trinajstić information content (AvgIpc) is 2.76. The summed E-state index contributed by atoms with van der Waals surface area (Å²) in [7, 11) is 0. The summed E-state index contributed by atoms with van der Waals surface area (Å²) in [4.78, 5) is 70.6. The van der Waals surface area contributed by atoms with E-state index in [0.717, 1.165) is 0 Å². The van der Waals surface area contributed by atoms with Crippen LogP contribution in [-0.2, 0) is 28.8 Å². The molecule has 4 unspecified atom stereocenters. The van der Waals surface area contributed by atoms with Gasteiger partial charge in [-0.25, -0.2) is 4.79 Å². The summed E-state index contributed by atoms with van der Waals surface area (Å²) in [6, 6.07) is -5.44. The highest BCUT2D eigenvalue weighted by atomic mass is 16.4. The molecule has 0 aliphatic rings. The Labute approximate surface area is 195 Å². The van der Waals surface area contributed by atoms with Crippen molar-refractivity contribution >= 4 is 35.6 Å². The smallest absolute Gasteiger partial charge is 0.328 e. The number of amides is 4. The van der Waals surface area contributed by atoms with Crippen LogP contribution in [0.15, 0.2) is 0 Å². The Morgan fingerprint density at radius 2 is 1.26 bits per heavy atom. The molecule has 0 radical (unpaired) electrons. The third kappa shape index (κ3) is 12.7. The van der Waals surface area contributed by atoms with E-state index in [4.69, 9.17) is 32.5 Å². The van der Waals surface area contributed by atoms with Crippen molar-refractivity contribution in [3.8, 4) is 0 Å². The molecule has 194 valence electrons. The number of unbranched alkanes of at least 4 members (excludes halogenated alkanes) is 1. The molecule has 15 nitrogen and oxygen atoms in total. The van der Waals surface area contributed by atoms with E-state index in [0.29, 0.717) is 19.4 Å². The minimum Gasteiger partial charge on any atom is -0.481 e. The van der Waals surface area contributed by atoms with Crippen LogP contribution in [0.2, 0.25) is 0 Å². The number of carbonyl (C=O) groups excluding carboxylic acids is 4. The maximum atomic E-state index is 12.8. The maximum absolute atomic E-state index is 12.8. The van der Waals surface area contributed by atoms with Crippen molar-refractivity contribution in [1.82, 2.24) is 16.0 Å². The Morgan fingerprint density at radius 3 is 1.74 bits per heavy atom. The van der Waals surface area contributed by atoms with Crippen LogP contribution >= 0.6 is 0 Å². The van der Waals surface area contributed by atoms with Gasteiger partial charge in [-0.3, -0.25) is 24.0 Å². The molecule has 0 aromatic rings. The van der Waals surface area contributed by atoms with Gasteiger partial charge >= 0.3 is 11.9 Å². The maximum Gasteiger partial charge on any atom is 0.328 e. The number of primary amides is 1. The fourth-order valence-corrected chi connectivity index (χ4v) is 2.74. The molecule has 0 heterocycles. The Bertz CT molecular complexity index is 733. The van der Waals surface area contributed by atoms with Crippen molar-refractivity contribution < 1.29 is 44.1 Å². The lowest BCUT2D eigenvalue weighted by molar-refractivity contribution is -0.143. The van der Waals surface area contributed by atoms with Crippen molar-refractivity contribution in [1.29, 1.82) is 0 Å². The van der Waals surface area contributed by atoms with E-state index in [1.165, 1.54) is 0 Å². The summed E-state index contributed by atoms with van der Waals surface area (Å²) in [6.07, 6.45) is -0.169. The quantitative estimate of drug-likeness (QED) is 0.0837. The van der Waals surface area contributed by atoms with Crippen LogP contribution < -0.4 is 33.2 Å². The summed E-state index contributed by atoms with van der Waals surface area (Å²) < 4.78 is 0. The second kappa shape index (κ2) is 16.3. The molecule has 0 aromatic heterocycles. The van der Waals surface area contributed by atoms with E-state index in [1.807, 2.05) is 0 Å². The van der Waals surface area contributed by atoms with Crippen molar-refractivity contribution in [3.63, 3.8) is 0 Å². The Hall–Kier alpha value is -3.30. The van der Waals surface area contributed by atoms with Gasteiger partial charge in [0.05, 0.1) is 12.6 Å². The predicted octanol–water partition coefficient (Wildman–Crippen LogP) is -3.90. The molecule has 12 N–H and O–H groups in total. The minimum atomic E-state index is -1.60. The summed E-state index contributed by atoms with van der Waals surface area (Å²) in [6.45, 7) is -0.581. The van der Waals surface area contributed by atoms with Gasteiger partial charge in [0, 0.05) is 12.8 Å². The van der Waals surface area contributed by atoms with Gasteiger partial charge in [-0.15, -0.1) is 0 Å². The van der Waals surface area contributed by atoms with E-state index in [2.05, 4.69) is 16.0 Å². The number of nitrogens with two attached hydrogens (primary N) is 3. The van der Waals surface area contributed by atoms with E-state index >= 15 is 0 Å². The third-order valence-corrected chi connectivity index (χ3v) is 4.70. The first-order valence-corrected chi connectivity index (χ1v) is 10.6. The average molecular weight is 491 g/mol. The number of aliphatic hydroxyl groups excluding tert-OH is 1. The van der Waals surface area contributed by atoms with Crippen LogP contribution in [0.1, 0.15) is 44.9 Å². The van der Waals surface area contributed by atoms with Crippen LogP contribution in [0.25, 0.3) is 0 Å². The molecule has 0 bridgehead atoms. The van der Waals surface area contributed by atoms with Crippen LogP contribution in [0.4, 0.5) is 0 Å². The zero-order chi connectivity index (χ0) is 26.3. The summed E-state index contributed by atoms with van der Waals surface area (Å²) >= 11 is 0. The molecule has 0 aromatic carbocycles. The predicted molar refractivity (Wildman–Crippen MR) is 117 cm³/mol. The SMILES string of the molecule is NCCCCC(NC(=O)C(CCC(=O)O)NC(=O)C(N)CCC(N)=O)C(=O)NC(CO)C(=O)O. The second-order valence-electron chi connectivity index (χ2n) is 7.53. The Morgan fingerprint density at radius 1 is 0.735 bits per heavy atom. The summed E-state index contributed by atoms with van der Waals surface area (Å²) in [5.74, 6) is -6.04. The van der Waals surface area contributed by atoms with E-state index in [-0.39, 0.29) is 25.7 Å². The van der Waals surface area contributed by atoms with Crippen LogP contribution in [0, 0.1) is 0 Å². The molecule has 34 heavy (non-hydrogen) atoms. The van der Waals surface area contributed by atoms with Gasteiger partial charge in [-0.2, -0.15) is 0 Å². The molecule has 0 aliphatic heterocycles. The first-order chi connectivity index (χ1) is 15.9. The second-order valence-corrected chi connectivity index (χ2v) is 7.53. The number of carboxylic acids is 2. The molecule has 4 atom stereocenters. The van der Waals surface area contributed by atoms with Gasteiger partial charge in [0.25, 0.3) is 0 Å². The van der Waals surface area contributed by atoms with Crippen molar-refractivity contribution in [2.24, 2.45) is 17.2 Å². The molecule has 4 amide bonds. The van der Waals surface area contributed by atoms with Gasteiger partial charge in [0.2, 0.25) is 23.6 Å². The fraction of sp³-hybridized carbons (Fsp3) is 0.684. The highest BCUT2D eigenvalue weighted by Gasteiger charge is 2.30. The zero-order valence-electron chi connectivity index (χ0n) is 18.7. The normalized spacial score (nSPS) is 14.2. The number of aliphatic carboxylic acids is 2. The van der Waals surface area contributed by atoms with Crippen LogP contribution in [0.3, 0.4) is 0 Å². The number of aliphatic hydroxyl groups is 1. The number of hydrogen-bond donors (Lipinski definition) is 9. The third-order valence-electron chi connectivity index (χ3n) is 4.70. The van der Waals surface area contributed by atoms with Crippen LogP contribution in [-0.4, -0.2) is 88.2 Å². The van der Waals surface area contributed by atoms with Gasteiger partial charge < -0.3 is 48.5 Å². The first kappa shape index (κ1) is 30.7. The molecule has 0 fully saturated rings. The minimum absolute atomic E-state index is 0.0598. The highest BCUT2D eigenvalue weighted by molar-refractivity contribution is 5.94. The summed E-state index contributed by atoms with van der Waals surface area (Å²) in [5.41, 5.74) is 16.1. The highest BCUT2D eigenvalue weighted by Crippen LogP contribution is 2.06. The topological polar surface area (TPSA) is 277 Å². The number of nitrogens with one attached hydrogen (secondary N) is 3. The molecule has 0 spiro atoms. The Kier molecular flexibility index (Phi) is 14.7. The first-order valence-electron chi connectivity index (χ1n) is 10.6. The molecule has 15 heteroatoms. The molecular formula is C19H34N6O9. The van der Waals surface area contributed by atoms with Gasteiger partial charge in [0.15, 0.2) is 0 Å². The molecule has 0 rings (SSSR count). The van der Waals surface area contributed by atoms with E-state index < -0.39 is 72.8 Å². The number of carboxylic acid groups (broad SMARTS) is 2. The van der Waals surface area contributed by atoms with Crippen molar-refractivity contribution in [3.05, 3.63) is 0 Å². The lowest BCUT2D eigenvalue weighted by atomic mass is 10.0. The lowest BCUT2D eigenvalue weighted by Crippen LogP contribution is -2.57. The molecule has 0 aliphatic carbocycles. The fourth-order valence-electron chi connectivity index (χ4n) is 2.74. The number of carbonyl (C=O) groups is 6. The largest absolute Gasteiger partial charge is 0.481 e.